The highest BCUT2D eigenvalue weighted by Crippen LogP contribution is 2.42. The molecule has 36 heavy (non-hydrogen) atoms. The molecule has 1 aliphatic heterocycles. The minimum absolute atomic E-state index is 0.00780. The first kappa shape index (κ1) is 23.8. The lowest BCUT2D eigenvalue weighted by Gasteiger charge is -2.23. The fourth-order valence-electron chi connectivity index (χ4n) is 4.39. The van der Waals surface area contributed by atoms with Gasteiger partial charge < -0.3 is 9.64 Å². The Bertz CT molecular complexity index is 1690. The molecule has 2 aromatic carbocycles. The maximum atomic E-state index is 14.1. The molecule has 5 rings (SSSR count). The SMILES string of the molecule is COc1ncc(-c2ccc3ncc(C#N)c(N4CCc5cc(F)c(Cl)cc54)c3c2)cc1NS(C)(=O)=O. The predicted molar refractivity (Wildman–Crippen MR) is 137 cm³/mol. The summed E-state index contributed by atoms with van der Waals surface area (Å²) in [7, 11) is -2.16. The number of anilines is 3. The molecule has 3 heterocycles. The van der Waals surface area contributed by atoms with E-state index in [9.17, 15) is 18.1 Å². The summed E-state index contributed by atoms with van der Waals surface area (Å²) in [6, 6.07) is 12.4. The Balaban J connectivity index is 1.69. The lowest BCUT2D eigenvalue weighted by Crippen LogP contribution is -2.15. The second-order valence-corrected chi connectivity index (χ2v) is 10.5. The van der Waals surface area contributed by atoms with Crippen LogP contribution in [-0.4, -0.2) is 38.3 Å². The zero-order valence-corrected chi connectivity index (χ0v) is 20.8. The Hall–Kier alpha value is -3.94. The average molecular weight is 524 g/mol. The van der Waals surface area contributed by atoms with Crippen LogP contribution in [0.5, 0.6) is 5.88 Å². The maximum absolute atomic E-state index is 14.1. The number of benzene rings is 2. The molecule has 0 fully saturated rings. The van der Waals surface area contributed by atoms with E-state index in [1.807, 2.05) is 23.1 Å². The zero-order chi connectivity index (χ0) is 25.6. The first-order valence-corrected chi connectivity index (χ1v) is 13.1. The lowest BCUT2D eigenvalue weighted by atomic mass is 10.0. The van der Waals surface area contributed by atoms with E-state index in [-0.39, 0.29) is 16.6 Å². The molecule has 0 radical (unpaired) electrons. The number of sulfonamides is 1. The van der Waals surface area contributed by atoms with Gasteiger partial charge in [0.2, 0.25) is 15.9 Å². The largest absolute Gasteiger partial charge is 0.480 e. The number of nitrogens with one attached hydrogen (secondary N) is 1. The van der Waals surface area contributed by atoms with Crippen LogP contribution in [0.4, 0.5) is 21.5 Å². The third kappa shape index (κ3) is 4.27. The smallest absolute Gasteiger partial charge is 0.238 e. The van der Waals surface area contributed by atoms with Crippen LogP contribution < -0.4 is 14.4 Å². The quantitative estimate of drug-likeness (QED) is 0.390. The van der Waals surface area contributed by atoms with Gasteiger partial charge >= 0.3 is 0 Å². The molecule has 182 valence electrons. The normalized spacial score (nSPS) is 12.9. The highest BCUT2D eigenvalue weighted by Gasteiger charge is 2.26. The van der Waals surface area contributed by atoms with Gasteiger partial charge in [-0.25, -0.2) is 17.8 Å². The van der Waals surface area contributed by atoms with Crippen LogP contribution in [0.2, 0.25) is 5.02 Å². The van der Waals surface area contributed by atoms with Crippen LogP contribution in [0.15, 0.2) is 48.8 Å². The summed E-state index contributed by atoms with van der Waals surface area (Å²) in [6.45, 7) is 0.541. The van der Waals surface area contributed by atoms with Crippen LogP contribution in [0.1, 0.15) is 11.1 Å². The van der Waals surface area contributed by atoms with Gasteiger partial charge in [-0.1, -0.05) is 17.7 Å². The number of ether oxygens (including phenoxy) is 1. The number of aromatic nitrogens is 2. The fraction of sp³-hybridized carbons (Fsp3) is 0.160. The number of halogens is 2. The number of methoxy groups -OCH3 is 1. The van der Waals surface area contributed by atoms with E-state index in [2.05, 4.69) is 20.8 Å². The molecular weight excluding hydrogens is 505 g/mol. The van der Waals surface area contributed by atoms with E-state index in [0.717, 1.165) is 23.1 Å². The van der Waals surface area contributed by atoms with E-state index in [4.69, 9.17) is 16.3 Å². The second kappa shape index (κ2) is 8.93. The summed E-state index contributed by atoms with van der Waals surface area (Å²) in [6.07, 6.45) is 4.73. The molecule has 0 atom stereocenters. The van der Waals surface area contributed by atoms with E-state index in [0.29, 0.717) is 40.7 Å². The molecule has 0 bridgehead atoms. The van der Waals surface area contributed by atoms with Gasteiger partial charge in [0.15, 0.2) is 0 Å². The van der Waals surface area contributed by atoms with Crippen molar-refractivity contribution in [3.05, 3.63) is 70.8 Å². The van der Waals surface area contributed by atoms with Crippen LogP contribution in [-0.2, 0) is 16.4 Å². The molecular formula is C25H19ClFN5O3S. The Morgan fingerprint density at radius 2 is 1.97 bits per heavy atom. The molecule has 0 unspecified atom stereocenters. The van der Waals surface area contributed by atoms with Crippen LogP contribution in [0, 0.1) is 17.1 Å². The van der Waals surface area contributed by atoms with Crippen LogP contribution >= 0.6 is 11.6 Å². The predicted octanol–water partition coefficient (Wildman–Crippen LogP) is 5.04. The van der Waals surface area contributed by atoms with Crippen molar-refractivity contribution in [3.8, 4) is 23.1 Å². The van der Waals surface area contributed by atoms with E-state index < -0.39 is 15.8 Å². The highest BCUT2D eigenvalue weighted by molar-refractivity contribution is 7.92. The second-order valence-electron chi connectivity index (χ2n) is 8.32. The van der Waals surface area contributed by atoms with Gasteiger partial charge in [-0.2, -0.15) is 5.26 Å². The molecule has 1 N–H and O–H groups in total. The van der Waals surface area contributed by atoms with Gasteiger partial charge in [-0.15, -0.1) is 0 Å². The van der Waals surface area contributed by atoms with Crippen molar-refractivity contribution in [2.75, 3.05) is 29.5 Å². The third-order valence-electron chi connectivity index (χ3n) is 5.92. The molecule has 11 heteroatoms. The number of nitrogens with zero attached hydrogens (tertiary/aromatic N) is 4. The van der Waals surface area contributed by atoms with Crippen LogP contribution in [0.3, 0.4) is 0 Å². The Kier molecular flexibility index (Phi) is 5.90. The number of pyridine rings is 2. The minimum Gasteiger partial charge on any atom is -0.480 e. The van der Waals surface area contributed by atoms with Crippen molar-refractivity contribution in [1.82, 2.24) is 9.97 Å². The van der Waals surface area contributed by atoms with Crippen molar-refractivity contribution >= 4 is 49.6 Å². The highest BCUT2D eigenvalue weighted by atomic mass is 35.5. The van der Waals surface area contributed by atoms with Crippen LogP contribution in [0.25, 0.3) is 22.0 Å². The fourth-order valence-corrected chi connectivity index (χ4v) is 5.09. The Morgan fingerprint density at radius 1 is 1.17 bits per heavy atom. The van der Waals surface area contributed by atoms with Gasteiger partial charge in [-0.3, -0.25) is 9.71 Å². The Morgan fingerprint density at radius 3 is 2.69 bits per heavy atom. The summed E-state index contributed by atoms with van der Waals surface area (Å²) in [5.41, 5.74) is 4.76. The minimum atomic E-state index is -3.57. The molecule has 0 saturated carbocycles. The Labute approximate surface area is 212 Å². The van der Waals surface area contributed by atoms with Crippen molar-refractivity contribution in [3.63, 3.8) is 0 Å². The zero-order valence-electron chi connectivity index (χ0n) is 19.2. The summed E-state index contributed by atoms with van der Waals surface area (Å²) in [4.78, 5) is 10.6. The molecule has 0 aliphatic carbocycles. The van der Waals surface area contributed by atoms with Crippen molar-refractivity contribution in [1.29, 1.82) is 5.26 Å². The first-order chi connectivity index (χ1) is 17.2. The number of hydrogen-bond donors (Lipinski definition) is 1. The van der Waals surface area contributed by atoms with Crippen molar-refractivity contribution < 1.29 is 17.5 Å². The van der Waals surface area contributed by atoms with Crippen molar-refractivity contribution in [2.24, 2.45) is 0 Å². The maximum Gasteiger partial charge on any atom is 0.238 e. The summed E-state index contributed by atoms with van der Waals surface area (Å²) < 4.78 is 45.3. The van der Waals surface area contributed by atoms with Gasteiger partial charge in [0.1, 0.15) is 17.6 Å². The summed E-state index contributed by atoms with van der Waals surface area (Å²) in [5, 5.41) is 10.6. The lowest BCUT2D eigenvalue weighted by molar-refractivity contribution is 0.400. The molecule has 8 nitrogen and oxygen atoms in total. The van der Waals surface area contributed by atoms with E-state index in [1.165, 1.54) is 19.4 Å². The number of rotatable bonds is 5. The standard InChI is InChI=1S/C25H19ClFN5O3S/c1-35-25-22(31-36(2,33)34)9-16(12-30-25)14-3-4-21-18(7-14)24(17(11-28)13-29-21)32-6-5-15-8-20(27)19(26)10-23(15)32/h3-4,7-10,12-13,31H,5-6H2,1-2H3. The molecule has 0 amide bonds. The molecule has 0 spiro atoms. The van der Waals surface area contributed by atoms with Gasteiger partial charge in [-0.05, 0) is 47.9 Å². The topological polar surface area (TPSA) is 108 Å². The van der Waals surface area contributed by atoms with Gasteiger partial charge in [0, 0.05) is 35.6 Å². The third-order valence-corrected chi connectivity index (χ3v) is 6.80. The van der Waals surface area contributed by atoms with E-state index >= 15 is 0 Å². The average Bonchev–Trinajstić information content (AvgIpc) is 3.24. The number of hydrogen-bond acceptors (Lipinski definition) is 7. The molecule has 0 saturated heterocycles. The van der Waals surface area contributed by atoms with Gasteiger partial charge in [0.25, 0.3) is 0 Å². The number of nitriles is 1. The summed E-state index contributed by atoms with van der Waals surface area (Å²) in [5.74, 6) is -0.345. The van der Waals surface area contributed by atoms with Crippen molar-refractivity contribution in [2.45, 2.75) is 6.42 Å². The molecule has 2 aromatic heterocycles. The first-order valence-electron chi connectivity index (χ1n) is 10.8. The van der Waals surface area contributed by atoms with E-state index in [1.54, 1.807) is 18.3 Å². The molecule has 4 aromatic rings. The van der Waals surface area contributed by atoms with Gasteiger partial charge in [0.05, 0.1) is 35.2 Å². The monoisotopic (exact) mass is 523 g/mol. The summed E-state index contributed by atoms with van der Waals surface area (Å²) >= 11 is 6.08. The number of fused-ring (bicyclic) bond motifs is 2. The molecule has 1 aliphatic rings.